The molecule has 0 radical (unpaired) electrons. The molecule has 8 nitrogen and oxygen atoms in total. The maximum Gasteiger partial charge on any atom is 0.300 e. The predicted molar refractivity (Wildman–Crippen MR) is 70.8 cm³/mol. The molecule has 1 heterocycles. The van der Waals surface area contributed by atoms with E-state index in [1.807, 2.05) is 0 Å². The van der Waals surface area contributed by atoms with Crippen LogP contribution in [0.15, 0.2) is 12.3 Å². The lowest BCUT2D eigenvalue weighted by atomic mass is 10.2. The second kappa shape index (κ2) is 7.73. The molecule has 0 aromatic carbocycles. The van der Waals surface area contributed by atoms with Crippen molar-refractivity contribution in [2.24, 2.45) is 0 Å². The number of methoxy groups -OCH3 is 1. The van der Waals surface area contributed by atoms with Crippen LogP contribution >= 0.6 is 11.6 Å². The van der Waals surface area contributed by atoms with Crippen LogP contribution in [0.2, 0.25) is 5.15 Å². The highest BCUT2D eigenvalue weighted by atomic mass is 35.5. The second-order valence-electron chi connectivity index (χ2n) is 3.79. The fourth-order valence-corrected chi connectivity index (χ4v) is 1.70. The molecule has 0 bridgehead atoms. The Kier molecular flexibility index (Phi) is 6.29. The molecule has 1 rings (SSSR count). The number of aliphatic hydroxyl groups excluding tert-OH is 1. The molecule has 20 heavy (non-hydrogen) atoms. The number of carbonyl (C=O) groups excluding carboxylic acids is 1. The molecule has 0 saturated heterocycles. The Bertz CT molecular complexity index is 497. The van der Waals surface area contributed by atoms with Gasteiger partial charge in [-0.15, -0.1) is 0 Å². The highest BCUT2D eigenvalue weighted by Gasteiger charge is 2.25. The number of carbonyl (C=O) groups is 1. The summed E-state index contributed by atoms with van der Waals surface area (Å²) in [6, 6.07) is 1.14. The molecular weight excluding hydrogens is 290 g/mol. The van der Waals surface area contributed by atoms with E-state index in [0.717, 1.165) is 12.3 Å². The third-order valence-electron chi connectivity index (χ3n) is 2.50. The number of nitrogens with zero attached hydrogens (tertiary/aromatic N) is 3. The van der Waals surface area contributed by atoms with Gasteiger partial charge in [-0.05, 0) is 6.07 Å². The summed E-state index contributed by atoms with van der Waals surface area (Å²) in [6.07, 6.45) is 0.934. The molecule has 0 aliphatic heterocycles. The van der Waals surface area contributed by atoms with Gasteiger partial charge in [-0.3, -0.25) is 14.9 Å². The summed E-state index contributed by atoms with van der Waals surface area (Å²) >= 11 is 5.67. The van der Waals surface area contributed by atoms with Gasteiger partial charge in [0.1, 0.15) is 16.9 Å². The van der Waals surface area contributed by atoms with Crippen LogP contribution in [0.5, 0.6) is 0 Å². The van der Waals surface area contributed by atoms with Crippen LogP contribution in [-0.4, -0.2) is 59.2 Å². The van der Waals surface area contributed by atoms with Gasteiger partial charge in [0, 0.05) is 20.2 Å². The van der Waals surface area contributed by atoms with Crippen molar-refractivity contribution in [3.63, 3.8) is 0 Å². The largest absolute Gasteiger partial charge is 0.395 e. The minimum Gasteiger partial charge on any atom is -0.395 e. The first-order valence-corrected chi connectivity index (χ1v) is 6.08. The Morgan fingerprint density at radius 2 is 2.30 bits per heavy atom. The second-order valence-corrected chi connectivity index (χ2v) is 4.18. The van der Waals surface area contributed by atoms with Crippen molar-refractivity contribution in [3.05, 3.63) is 33.1 Å². The molecule has 9 heteroatoms. The normalized spacial score (nSPS) is 10.3. The van der Waals surface area contributed by atoms with E-state index >= 15 is 0 Å². The topological polar surface area (TPSA) is 106 Å². The molecule has 110 valence electrons. The summed E-state index contributed by atoms with van der Waals surface area (Å²) in [6.45, 7) is 0.229. The average Bonchev–Trinajstić information content (AvgIpc) is 2.42. The van der Waals surface area contributed by atoms with E-state index in [1.165, 1.54) is 12.0 Å². The van der Waals surface area contributed by atoms with E-state index in [1.54, 1.807) is 0 Å². The Morgan fingerprint density at radius 1 is 1.60 bits per heavy atom. The van der Waals surface area contributed by atoms with Gasteiger partial charge < -0.3 is 14.7 Å². The van der Waals surface area contributed by atoms with Crippen LogP contribution in [0.25, 0.3) is 0 Å². The van der Waals surface area contributed by atoms with Crippen LogP contribution in [-0.2, 0) is 4.74 Å². The van der Waals surface area contributed by atoms with Crippen molar-refractivity contribution >= 4 is 23.2 Å². The number of pyridine rings is 1. The molecule has 0 saturated carbocycles. The maximum absolute atomic E-state index is 12.3. The third kappa shape index (κ3) is 4.12. The fourth-order valence-electron chi connectivity index (χ4n) is 1.55. The quantitative estimate of drug-likeness (QED) is 0.452. The predicted octanol–water partition coefficient (Wildman–Crippen LogP) is 0.724. The van der Waals surface area contributed by atoms with Crippen LogP contribution in [0.3, 0.4) is 0 Å². The maximum atomic E-state index is 12.3. The SMILES string of the molecule is COCCN(CCO)C(=O)c1cc(Cl)ncc1[N+](=O)[O-]. The van der Waals surface area contributed by atoms with Crippen molar-refractivity contribution in [2.45, 2.75) is 0 Å². The van der Waals surface area contributed by atoms with Gasteiger partial charge >= 0.3 is 0 Å². The van der Waals surface area contributed by atoms with Crippen molar-refractivity contribution in [1.29, 1.82) is 0 Å². The van der Waals surface area contributed by atoms with E-state index in [0.29, 0.717) is 0 Å². The summed E-state index contributed by atoms with van der Waals surface area (Å²) < 4.78 is 4.86. The third-order valence-corrected chi connectivity index (χ3v) is 2.71. The lowest BCUT2D eigenvalue weighted by Gasteiger charge is -2.21. The first kappa shape index (κ1) is 16.3. The zero-order chi connectivity index (χ0) is 15.1. The van der Waals surface area contributed by atoms with Crippen LogP contribution < -0.4 is 0 Å². The average molecular weight is 304 g/mol. The number of halogens is 1. The van der Waals surface area contributed by atoms with Crippen molar-refractivity contribution in [3.8, 4) is 0 Å². The van der Waals surface area contributed by atoms with Gasteiger partial charge in [0.25, 0.3) is 11.6 Å². The van der Waals surface area contributed by atoms with E-state index in [-0.39, 0.29) is 37.0 Å². The Balaban J connectivity index is 3.09. The lowest BCUT2D eigenvalue weighted by Crippen LogP contribution is -2.36. The molecule has 0 fully saturated rings. The van der Waals surface area contributed by atoms with Gasteiger partial charge in [-0.1, -0.05) is 11.6 Å². The molecule has 1 amide bonds. The summed E-state index contributed by atoms with van der Waals surface area (Å²) in [5, 5.41) is 19.8. The fraction of sp³-hybridized carbons (Fsp3) is 0.455. The molecule has 1 aromatic rings. The van der Waals surface area contributed by atoms with E-state index in [4.69, 9.17) is 21.4 Å². The minimum atomic E-state index is -0.704. The number of amides is 1. The van der Waals surface area contributed by atoms with Crippen molar-refractivity contribution < 1.29 is 19.6 Å². The summed E-state index contributed by atoms with van der Waals surface area (Å²) in [7, 11) is 1.47. The molecule has 0 atom stereocenters. The van der Waals surface area contributed by atoms with Gasteiger partial charge in [0.15, 0.2) is 0 Å². The Hall–Kier alpha value is -1.77. The number of rotatable bonds is 7. The standard InChI is InChI=1S/C11H14ClN3O5/c1-20-5-3-14(2-4-16)11(17)8-6-10(12)13-7-9(8)15(18)19/h6-7,16H,2-5H2,1H3. The molecule has 0 spiro atoms. The van der Waals surface area contributed by atoms with Crippen LogP contribution in [0.1, 0.15) is 10.4 Å². The van der Waals surface area contributed by atoms with Gasteiger partial charge in [-0.25, -0.2) is 4.98 Å². The number of aliphatic hydroxyl groups is 1. The minimum absolute atomic E-state index is 0.0189. The first-order valence-electron chi connectivity index (χ1n) is 5.70. The van der Waals surface area contributed by atoms with Gasteiger partial charge in [0.05, 0.1) is 18.1 Å². The molecule has 1 N–H and O–H groups in total. The van der Waals surface area contributed by atoms with E-state index < -0.39 is 16.5 Å². The number of aromatic nitrogens is 1. The van der Waals surface area contributed by atoms with Crippen molar-refractivity contribution in [1.82, 2.24) is 9.88 Å². The van der Waals surface area contributed by atoms with Crippen molar-refractivity contribution in [2.75, 3.05) is 33.4 Å². The zero-order valence-electron chi connectivity index (χ0n) is 10.8. The molecule has 0 aliphatic rings. The number of nitro groups is 1. The molecule has 1 aromatic heterocycles. The Labute approximate surface area is 120 Å². The first-order chi connectivity index (χ1) is 9.51. The number of hydrogen-bond donors (Lipinski definition) is 1. The highest BCUT2D eigenvalue weighted by Crippen LogP contribution is 2.22. The molecule has 0 aliphatic carbocycles. The monoisotopic (exact) mass is 303 g/mol. The van der Waals surface area contributed by atoms with E-state index in [2.05, 4.69) is 4.98 Å². The molecular formula is C11H14ClN3O5. The summed E-state index contributed by atoms with van der Waals surface area (Å²) in [5.74, 6) is -0.605. The number of hydrogen-bond acceptors (Lipinski definition) is 6. The van der Waals surface area contributed by atoms with Crippen LogP contribution in [0.4, 0.5) is 5.69 Å². The van der Waals surface area contributed by atoms with Gasteiger partial charge in [0.2, 0.25) is 0 Å². The van der Waals surface area contributed by atoms with Gasteiger partial charge in [-0.2, -0.15) is 0 Å². The van der Waals surface area contributed by atoms with Crippen LogP contribution in [0, 0.1) is 10.1 Å². The lowest BCUT2D eigenvalue weighted by molar-refractivity contribution is -0.385. The zero-order valence-corrected chi connectivity index (χ0v) is 11.5. The summed E-state index contributed by atoms with van der Waals surface area (Å²) in [4.78, 5) is 27.3. The smallest absolute Gasteiger partial charge is 0.300 e. The number of ether oxygens (including phenoxy) is 1. The molecule has 0 unspecified atom stereocenters. The Morgan fingerprint density at radius 3 is 2.85 bits per heavy atom. The summed E-state index contributed by atoms with van der Waals surface area (Å²) in [5.41, 5.74) is -0.598. The highest BCUT2D eigenvalue weighted by molar-refractivity contribution is 6.29. The van der Waals surface area contributed by atoms with E-state index in [9.17, 15) is 14.9 Å².